The Kier molecular flexibility index (Phi) is 4.39. The van der Waals surface area contributed by atoms with E-state index in [9.17, 15) is 9.59 Å². The summed E-state index contributed by atoms with van der Waals surface area (Å²) < 4.78 is 5.32. The number of hydrogen-bond donors (Lipinski definition) is 1. The molecule has 0 unspecified atom stereocenters. The van der Waals surface area contributed by atoms with E-state index in [4.69, 9.17) is 10.2 Å². The third kappa shape index (κ3) is 3.03. The molecule has 0 fully saturated rings. The van der Waals surface area contributed by atoms with Gasteiger partial charge in [0.05, 0.1) is 23.7 Å². The van der Waals surface area contributed by atoms with Gasteiger partial charge in [0.15, 0.2) is 5.76 Å². The lowest BCUT2D eigenvalue weighted by Gasteiger charge is -2.40. The Morgan fingerprint density at radius 1 is 1.04 bits per heavy atom. The number of fused-ring (bicyclic) bond motifs is 1. The second-order valence-electron chi connectivity index (χ2n) is 6.96. The van der Waals surface area contributed by atoms with Crippen molar-refractivity contribution in [3.05, 3.63) is 66.6 Å². The van der Waals surface area contributed by atoms with E-state index in [2.05, 4.69) is 0 Å². The molecule has 0 saturated heterocycles. The predicted octanol–water partition coefficient (Wildman–Crippen LogP) is 3.93. The number of nitrogens with two attached hydrogens (primary N) is 1. The molecule has 2 amide bonds. The number of nitrogens with zero attached hydrogens (tertiary/aromatic N) is 2. The van der Waals surface area contributed by atoms with Gasteiger partial charge in [0, 0.05) is 19.2 Å². The molecule has 28 heavy (non-hydrogen) atoms. The maximum Gasteiger partial charge on any atom is 0.294 e. The Hall–Kier alpha value is -3.54. The van der Waals surface area contributed by atoms with Crippen LogP contribution < -0.4 is 15.5 Å². The van der Waals surface area contributed by atoms with Crippen molar-refractivity contribution in [2.45, 2.75) is 19.9 Å². The van der Waals surface area contributed by atoms with Crippen LogP contribution >= 0.6 is 0 Å². The zero-order valence-electron chi connectivity index (χ0n) is 15.8. The normalized spacial score (nSPS) is 16.0. The summed E-state index contributed by atoms with van der Waals surface area (Å²) in [6.07, 6.45) is 1.48. The number of nitrogen functional groups attached to an aromatic ring is 1. The number of benzene rings is 2. The number of amides is 2. The predicted molar refractivity (Wildman–Crippen MR) is 109 cm³/mol. The molecule has 3 aromatic rings. The van der Waals surface area contributed by atoms with Crippen LogP contribution in [0.2, 0.25) is 0 Å². The SMILES string of the molecule is CC(=O)N1c2ccc(-c3cccc(N)c3)cc2N(C(=O)c2ccco2)C[C@@H]1C. The molecular formula is C22H21N3O3. The van der Waals surface area contributed by atoms with Crippen LogP contribution in [-0.4, -0.2) is 24.4 Å². The van der Waals surface area contributed by atoms with Crippen molar-refractivity contribution in [1.29, 1.82) is 0 Å². The summed E-state index contributed by atoms with van der Waals surface area (Å²) in [5.74, 6) is -0.0228. The molecule has 1 atom stereocenters. The van der Waals surface area contributed by atoms with Gasteiger partial charge in [-0.1, -0.05) is 18.2 Å². The summed E-state index contributed by atoms with van der Waals surface area (Å²) in [7, 11) is 0. The summed E-state index contributed by atoms with van der Waals surface area (Å²) in [6, 6.07) is 16.5. The molecule has 0 radical (unpaired) electrons. The number of furan rings is 1. The second kappa shape index (κ2) is 6.88. The molecule has 6 heteroatoms. The third-order valence-corrected chi connectivity index (χ3v) is 4.95. The summed E-state index contributed by atoms with van der Waals surface area (Å²) in [5, 5.41) is 0. The number of carbonyl (C=O) groups excluding carboxylic acids is 2. The molecule has 142 valence electrons. The number of rotatable bonds is 2. The molecule has 0 bridgehead atoms. The van der Waals surface area contributed by atoms with Crippen LogP contribution in [0.4, 0.5) is 17.1 Å². The van der Waals surface area contributed by atoms with Crippen molar-refractivity contribution >= 4 is 28.9 Å². The van der Waals surface area contributed by atoms with Crippen LogP contribution in [0.25, 0.3) is 11.1 Å². The van der Waals surface area contributed by atoms with Gasteiger partial charge in [-0.3, -0.25) is 9.59 Å². The lowest BCUT2D eigenvalue weighted by Crippen LogP contribution is -2.51. The molecule has 1 aliphatic heterocycles. The van der Waals surface area contributed by atoms with Gasteiger partial charge in [-0.05, 0) is 54.4 Å². The Labute approximate surface area is 163 Å². The quantitative estimate of drug-likeness (QED) is 0.688. The van der Waals surface area contributed by atoms with Gasteiger partial charge >= 0.3 is 0 Å². The summed E-state index contributed by atoms with van der Waals surface area (Å²) in [5.41, 5.74) is 9.83. The number of carbonyl (C=O) groups is 2. The van der Waals surface area contributed by atoms with Gasteiger partial charge in [0.2, 0.25) is 5.91 Å². The van der Waals surface area contributed by atoms with Crippen LogP contribution in [-0.2, 0) is 4.79 Å². The smallest absolute Gasteiger partial charge is 0.294 e. The van der Waals surface area contributed by atoms with E-state index in [-0.39, 0.29) is 23.6 Å². The average molecular weight is 375 g/mol. The lowest BCUT2D eigenvalue weighted by molar-refractivity contribution is -0.117. The minimum absolute atomic E-state index is 0.0597. The fourth-order valence-electron chi connectivity index (χ4n) is 3.73. The second-order valence-corrected chi connectivity index (χ2v) is 6.96. The highest BCUT2D eigenvalue weighted by Gasteiger charge is 2.34. The molecule has 2 heterocycles. The topological polar surface area (TPSA) is 79.8 Å². The third-order valence-electron chi connectivity index (χ3n) is 4.95. The van der Waals surface area contributed by atoms with E-state index < -0.39 is 0 Å². The van der Waals surface area contributed by atoms with Crippen molar-refractivity contribution < 1.29 is 14.0 Å². The van der Waals surface area contributed by atoms with Crippen molar-refractivity contribution in [2.24, 2.45) is 0 Å². The van der Waals surface area contributed by atoms with E-state index in [0.717, 1.165) is 11.1 Å². The maximum atomic E-state index is 13.1. The van der Waals surface area contributed by atoms with Crippen molar-refractivity contribution in [2.75, 3.05) is 22.1 Å². The van der Waals surface area contributed by atoms with E-state index in [1.807, 2.05) is 49.4 Å². The monoisotopic (exact) mass is 375 g/mol. The summed E-state index contributed by atoms with van der Waals surface area (Å²) in [6.45, 7) is 3.85. The van der Waals surface area contributed by atoms with Gasteiger partial charge in [-0.2, -0.15) is 0 Å². The molecule has 0 saturated carbocycles. The fraction of sp³-hybridized carbons (Fsp3) is 0.182. The van der Waals surface area contributed by atoms with Crippen LogP contribution in [0.3, 0.4) is 0 Å². The van der Waals surface area contributed by atoms with E-state index >= 15 is 0 Å². The van der Waals surface area contributed by atoms with E-state index in [1.54, 1.807) is 21.9 Å². The maximum absolute atomic E-state index is 13.1. The highest BCUT2D eigenvalue weighted by molar-refractivity contribution is 6.10. The van der Waals surface area contributed by atoms with Gasteiger partial charge < -0.3 is 20.0 Å². The summed E-state index contributed by atoms with van der Waals surface area (Å²) >= 11 is 0. The first-order valence-corrected chi connectivity index (χ1v) is 9.11. The molecular weight excluding hydrogens is 354 g/mol. The van der Waals surface area contributed by atoms with Crippen molar-refractivity contribution in [3.63, 3.8) is 0 Å². The van der Waals surface area contributed by atoms with Gasteiger partial charge in [-0.15, -0.1) is 0 Å². The molecule has 0 spiro atoms. The van der Waals surface area contributed by atoms with Gasteiger partial charge in [0.1, 0.15) is 0 Å². The molecule has 2 aromatic carbocycles. The zero-order chi connectivity index (χ0) is 19.8. The first kappa shape index (κ1) is 17.9. The van der Waals surface area contributed by atoms with Gasteiger partial charge in [-0.25, -0.2) is 0 Å². The fourth-order valence-corrected chi connectivity index (χ4v) is 3.73. The molecule has 6 nitrogen and oxygen atoms in total. The van der Waals surface area contributed by atoms with Crippen LogP contribution in [0.15, 0.2) is 65.3 Å². The van der Waals surface area contributed by atoms with Crippen molar-refractivity contribution in [3.8, 4) is 11.1 Å². The van der Waals surface area contributed by atoms with Crippen molar-refractivity contribution in [1.82, 2.24) is 0 Å². The Balaban J connectivity index is 1.85. The number of hydrogen-bond acceptors (Lipinski definition) is 4. The van der Waals surface area contributed by atoms with E-state index in [0.29, 0.717) is 23.6 Å². The highest BCUT2D eigenvalue weighted by Crippen LogP contribution is 2.39. The van der Waals surface area contributed by atoms with Crippen LogP contribution in [0, 0.1) is 0 Å². The molecule has 0 aliphatic carbocycles. The number of anilines is 3. The standard InChI is InChI=1S/C22H21N3O3/c1-14-13-24(22(27)21-7-4-10-28-21)20-12-17(16-5-3-6-18(23)11-16)8-9-19(20)25(14)15(2)26/h3-12,14H,13,23H2,1-2H3/t14-/m0/s1. The van der Waals surface area contributed by atoms with E-state index in [1.165, 1.54) is 13.2 Å². The highest BCUT2D eigenvalue weighted by atomic mass is 16.3. The minimum Gasteiger partial charge on any atom is -0.459 e. The first-order chi connectivity index (χ1) is 13.5. The molecule has 4 rings (SSSR count). The largest absolute Gasteiger partial charge is 0.459 e. The Bertz CT molecular complexity index is 1040. The van der Waals surface area contributed by atoms with Gasteiger partial charge in [0.25, 0.3) is 5.91 Å². The zero-order valence-corrected chi connectivity index (χ0v) is 15.8. The Morgan fingerprint density at radius 2 is 1.82 bits per heavy atom. The average Bonchev–Trinajstić information content (AvgIpc) is 3.21. The van der Waals surface area contributed by atoms with Crippen LogP contribution in [0.5, 0.6) is 0 Å². The Morgan fingerprint density at radius 3 is 2.50 bits per heavy atom. The first-order valence-electron chi connectivity index (χ1n) is 9.11. The molecule has 2 N–H and O–H groups in total. The molecule has 1 aliphatic rings. The summed E-state index contributed by atoms with van der Waals surface area (Å²) in [4.78, 5) is 28.7. The van der Waals surface area contributed by atoms with Crippen LogP contribution in [0.1, 0.15) is 24.4 Å². The minimum atomic E-state index is -0.231. The molecule has 1 aromatic heterocycles. The lowest BCUT2D eigenvalue weighted by atomic mass is 10.00.